The lowest BCUT2D eigenvalue weighted by molar-refractivity contribution is 0.515. The number of halogens is 1. The second-order valence-electron chi connectivity index (χ2n) is 5.60. The Morgan fingerprint density at radius 3 is 2.53 bits per heavy atom. The molecule has 2 N–H and O–H groups in total. The van der Waals surface area contributed by atoms with Crippen molar-refractivity contribution in [2.24, 2.45) is 5.73 Å². The summed E-state index contributed by atoms with van der Waals surface area (Å²) >= 11 is 3.66. The normalized spacial score (nSPS) is 16.6. The SMILES string of the molecule is CC(C)(N)Cc1c(Br)cccc1N1CCCC1. The van der Waals surface area contributed by atoms with E-state index in [-0.39, 0.29) is 5.54 Å². The molecule has 0 bridgehead atoms. The van der Waals surface area contributed by atoms with E-state index in [0.717, 1.165) is 6.42 Å². The first-order chi connectivity index (χ1) is 7.97. The van der Waals surface area contributed by atoms with E-state index < -0.39 is 0 Å². The van der Waals surface area contributed by atoms with Crippen LogP contribution >= 0.6 is 15.9 Å². The first-order valence-electron chi connectivity index (χ1n) is 6.28. The van der Waals surface area contributed by atoms with Crippen LogP contribution in [0.2, 0.25) is 0 Å². The minimum atomic E-state index is -0.168. The predicted molar refractivity (Wildman–Crippen MR) is 77.6 cm³/mol. The Balaban J connectivity index is 2.33. The summed E-state index contributed by atoms with van der Waals surface area (Å²) in [6, 6.07) is 6.45. The Labute approximate surface area is 112 Å². The average Bonchev–Trinajstić information content (AvgIpc) is 2.72. The van der Waals surface area contributed by atoms with E-state index in [0.29, 0.717) is 0 Å². The molecule has 1 aliphatic rings. The maximum absolute atomic E-state index is 6.16. The molecule has 1 aromatic rings. The average molecular weight is 297 g/mol. The molecule has 0 amide bonds. The molecule has 1 heterocycles. The fourth-order valence-electron chi connectivity index (χ4n) is 2.43. The monoisotopic (exact) mass is 296 g/mol. The number of nitrogens with zero attached hydrogens (tertiary/aromatic N) is 1. The van der Waals surface area contributed by atoms with Crippen molar-refractivity contribution in [1.82, 2.24) is 0 Å². The summed E-state index contributed by atoms with van der Waals surface area (Å²) in [5.41, 5.74) is 8.70. The van der Waals surface area contributed by atoms with Crippen molar-refractivity contribution in [2.45, 2.75) is 38.6 Å². The van der Waals surface area contributed by atoms with Crippen LogP contribution in [0.5, 0.6) is 0 Å². The van der Waals surface area contributed by atoms with Gasteiger partial charge in [-0.1, -0.05) is 22.0 Å². The van der Waals surface area contributed by atoms with E-state index >= 15 is 0 Å². The van der Waals surface area contributed by atoms with E-state index in [2.05, 4.69) is 52.9 Å². The summed E-state index contributed by atoms with van der Waals surface area (Å²) in [4.78, 5) is 2.48. The molecule has 0 aromatic heterocycles. The van der Waals surface area contributed by atoms with E-state index in [4.69, 9.17) is 5.73 Å². The van der Waals surface area contributed by atoms with Crippen molar-refractivity contribution >= 4 is 21.6 Å². The molecule has 94 valence electrons. The number of nitrogens with two attached hydrogens (primary N) is 1. The molecule has 1 aliphatic heterocycles. The molecule has 2 nitrogen and oxygen atoms in total. The van der Waals surface area contributed by atoms with Crippen molar-refractivity contribution in [3.63, 3.8) is 0 Å². The second-order valence-corrected chi connectivity index (χ2v) is 6.45. The van der Waals surface area contributed by atoms with Gasteiger partial charge in [-0.15, -0.1) is 0 Å². The predicted octanol–water partition coefficient (Wildman–Crippen LogP) is 3.33. The van der Waals surface area contributed by atoms with E-state index in [1.54, 1.807) is 0 Å². The summed E-state index contributed by atoms with van der Waals surface area (Å²) in [6.07, 6.45) is 3.51. The summed E-state index contributed by atoms with van der Waals surface area (Å²) in [5, 5.41) is 0. The molecule has 17 heavy (non-hydrogen) atoms. The van der Waals surface area contributed by atoms with Gasteiger partial charge < -0.3 is 10.6 Å². The van der Waals surface area contributed by atoms with Crippen LogP contribution in [0.3, 0.4) is 0 Å². The smallest absolute Gasteiger partial charge is 0.0410 e. The number of hydrogen-bond donors (Lipinski definition) is 1. The molecule has 3 heteroatoms. The van der Waals surface area contributed by atoms with Gasteiger partial charge in [0.05, 0.1) is 0 Å². The molecule has 0 aliphatic carbocycles. The minimum absolute atomic E-state index is 0.168. The van der Waals surface area contributed by atoms with Gasteiger partial charge in [0.25, 0.3) is 0 Å². The maximum atomic E-state index is 6.16. The third-order valence-electron chi connectivity index (χ3n) is 3.17. The molecular formula is C14H21BrN2. The number of rotatable bonds is 3. The fraction of sp³-hybridized carbons (Fsp3) is 0.571. The lowest BCUT2D eigenvalue weighted by atomic mass is 9.95. The lowest BCUT2D eigenvalue weighted by Gasteiger charge is -2.26. The van der Waals surface area contributed by atoms with Crippen molar-refractivity contribution in [3.05, 3.63) is 28.2 Å². The minimum Gasteiger partial charge on any atom is -0.371 e. The van der Waals surface area contributed by atoms with Crippen LogP contribution in [0, 0.1) is 0 Å². The first kappa shape index (κ1) is 12.9. The summed E-state index contributed by atoms with van der Waals surface area (Å²) in [6.45, 7) is 6.52. The molecule has 0 radical (unpaired) electrons. The Kier molecular flexibility index (Phi) is 3.79. The van der Waals surface area contributed by atoms with Gasteiger partial charge in [-0.3, -0.25) is 0 Å². The van der Waals surface area contributed by atoms with Crippen molar-refractivity contribution in [2.75, 3.05) is 18.0 Å². The Morgan fingerprint density at radius 1 is 1.29 bits per heavy atom. The molecule has 1 aromatic carbocycles. The molecular weight excluding hydrogens is 276 g/mol. The van der Waals surface area contributed by atoms with Crippen LogP contribution in [0.1, 0.15) is 32.3 Å². The Morgan fingerprint density at radius 2 is 1.94 bits per heavy atom. The van der Waals surface area contributed by atoms with Gasteiger partial charge in [-0.25, -0.2) is 0 Å². The van der Waals surface area contributed by atoms with Crippen molar-refractivity contribution < 1.29 is 0 Å². The van der Waals surface area contributed by atoms with E-state index in [1.807, 2.05) is 0 Å². The summed E-state index contributed by atoms with van der Waals surface area (Å²) in [7, 11) is 0. The van der Waals surface area contributed by atoms with E-state index in [9.17, 15) is 0 Å². The highest BCUT2D eigenvalue weighted by Gasteiger charge is 2.21. The molecule has 0 saturated carbocycles. The zero-order valence-corrected chi connectivity index (χ0v) is 12.3. The zero-order chi connectivity index (χ0) is 12.5. The van der Waals surface area contributed by atoms with Crippen molar-refractivity contribution in [3.8, 4) is 0 Å². The zero-order valence-electron chi connectivity index (χ0n) is 10.7. The quantitative estimate of drug-likeness (QED) is 0.927. The standard InChI is InChI=1S/C14H21BrN2/c1-14(2,16)10-11-12(15)6-5-7-13(11)17-8-3-4-9-17/h5-7H,3-4,8-10,16H2,1-2H3. The Bertz CT molecular complexity index is 390. The van der Waals surface area contributed by atoms with Crippen LogP contribution in [0.15, 0.2) is 22.7 Å². The van der Waals surface area contributed by atoms with Crippen LogP contribution < -0.4 is 10.6 Å². The van der Waals surface area contributed by atoms with Gasteiger partial charge in [0, 0.05) is 28.8 Å². The fourth-order valence-corrected chi connectivity index (χ4v) is 2.93. The maximum Gasteiger partial charge on any atom is 0.0410 e. The van der Waals surface area contributed by atoms with E-state index in [1.165, 1.54) is 41.7 Å². The van der Waals surface area contributed by atoms with Gasteiger partial charge in [0.1, 0.15) is 0 Å². The molecule has 2 rings (SSSR count). The van der Waals surface area contributed by atoms with Crippen molar-refractivity contribution in [1.29, 1.82) is 0 Å². The topological polar surface area (TPSA) is 29.3 Å². The second kappa shape index (κ2) is 4.99. The molecule has 0 spiro atoms. The largest absolute Gasteiger partial charge is 0.371 e. The highest BCUT2D eigenvalue weighted by molar-refractivity contribution is 9.10. The molecule has 0 unspecified atom stereocenters. The van der Waals surface area contributed by atoms with Gasteiger partial charge >= 0.3 is 0 Å². The molecule has 1 fully saturated rings. The van der Waals surface area contributed by atoms with Gasteiger partial charge in [-0.2, -0.15) is 0 Å². The van der Waals surface area contributed by atoms with Gasteiger partial charge in [-0.05, 0) is 50.8 Å². The number of hydrogen-bond acceptors (Lipinski definition) is 2. The van der Waals surface area contributed by atoms with Crippen LogP contribution in [-0.2, 0) is 6.42 Å². The molecule has 0 atom stereocenters. The lowest BCUT2D eigenvalue weighted by Crippen LogP contribution is -2.35. The highest BCUT2D eigenvalue weighted by atomic mass is 79.9. The third kappa shape index (κ3) is 3.23. The van der Waals surface area contributed by atoms with Crippen LogP contribution in [-0.4, -0.2) is 18.6 Å². The third-order valence-corrected chi connectivity index (χ3v) is 3.92. The van der Waals surface area contributed by atoms with Crippen LogP contribution in [0.4, 0.5) is 5.69 Å². The molecule has 1 saturated heterocycles. The summed E-state index contributed by atoms with van der Waals surface area (Å²) < 4.78 is 1.18. The Hall–Kier alpha value is -0.540. The van der Waals surface area contributed by atoms with Gasteiger partial charge in [0.2, 0.25) is 0 Å². The number of benzene rings is 1. The van der Waals surface area contributed by atoms with Gasteiger partial charge in [0.15, 0.2) is 0 Å². The first-order valence-corrected chi connectivity index (χ1v) is 7.08. The number of anilines is 1. The summed E-state index contributed by atoms with van der Waals surface area (Å²) in [5.74, 6) is 0. The highest BCUT2D eigenvalue weighted by Crippen LogP contribution is 2.32. The van der Waals surface area contributed by atoms with Crippen LogP contribution in [0.25, 0.3) is 0 Å².